The summed E-state index contributed by atoms with van der Waals surface area (Å²) in [5.74, 6) is 0. The third-order valence-electron chi connectivity index (χ3n) is 2.96. The highest BCUT2D eigenvalue weighted by molar-refractivity contribution is 7.09. The molecule has 2 rings (SSSR count). The molecule has 1 aliphatic heterocycles. The average molecular weight is 227 g/mol. The molecule has 0 aromatic carbocycles. The Hall–Kier alpha value is -0.490. The van der Waals surface area contributed by atoms with Crippen LogP contribution in [0.4, 0.5) is 0 Å². The lowest BCUT2D eigenvalue weighted by Gasteiger charge is -2.25. The summed E-state index contributed by atoms with van der Waals surface area (Å²) < 4.78 is 0. The van der Waals surface area contributed by atoms with E-state index >= 15 is 0 Å². The molecule has 1 fully saturated rings. The lowest BCUT2D eigenvalue weighted by Crippen LogP contribution is -2.40. The minimum absolute atomic E-state index is 0.228. The molecule has 5 heteroatoms. The van der Waals surface area contributed by atoms with Gasteiger partial charge in [-0.15, -0.1) is 11.3 Å². The summed E-state index contributed by atoms with van der Waals surface area (Å²) in [7, 11) is 2.06. The molecule has 0 bridgehead atoms. The van der Waals surface area contributed by atoms with Gasteiger partial charge in [0.05, 0.1) is 17.3 Å². The number of β-amino-alcohol motifs (C(OH)–C–C–N with tert-alkyl or cyclic N) is 1. The van der Waals surface area contributed by atoms with Crippen LogP contribution in [0.5, 0.6) is 0 Å². The van der Waals surface area contributed by atoms with E-state index in [9.17, 15) is 5.11 Å². The smallest absolute Gasteiger partial charge is 0.0831 e. The zero-order valence-corrected chi connectivity index (χ0v) is 9.92. The van der Waals surface area contributed by atoms with Crippen molar-refractivity contribution in [2.24, 2.45) is 0 Å². The zero-order chi connectivity index (χ0) is 10.8. The van der Waals surface area contributed by atoms with Crippen LogP contribution in [-0.4, -0.2) is 47.3 Å². The monoisotopic (exact) mass is 227 g/mol. The number of aliphatic hydroxyl groups excluding tert-OH is 1. The van der Waals surface area contributed by atoms with Crippen molar-refractivity contribution in [3.05, 3.63) is 16.1 Å². The van der Waals surface area contributed by atoms with Crippen molar-refractivity contribution < 1.29 is 5.11 Å². The average Bonchev–Trinajstić information content (AvgIpc) is 2.76. The Bertz CT molecular complexity index is 328. The highest BCUT2D eigenvalue weighted by atomic mass is 32.1. The predicted octanol–water partition coefficient (Wildman–Crippen LogP) is 0.216. The Morgan fingerprint density at radius 1 is 1.67 bits per heavy atom. The third kappa shape index (κ3) is 2.36. The van der Waals surface area contributed by atoms with Crippen molar-refractivity contribution in [2.75, 3.05) is 20.1 Å². The molecule has 4 nitrogen and oxygen atoms in total. The maximum absolute atomic E-state index is 9.74. The van der Waals surface area contributed by atoms with Gasteiger partial charge < -0.3 is 10.4 Å². The van der Waals surface area contributed by atoms with E-state index in [4.69, 9.17) is 0 Å². The molecule has 1 aromatic heterocycles. The Balaban J connectivity index is 1.97. The number of aliphatic hydroxyl groups is 1. The van der Waals surface area contributed by atoms with E-state index in [1.54, 1.807) is 11.3 Å². The molecule has 0 aliphatic carbocycles. The van der Waals surface area contributed by atoms with E-state index in [-0.39, 0.29) is 12.1 Å². The number of nitrogens with zero attached hydrogens (tertiary/aromatic N) is 2. The molecule has 0 saturated carbocycles. The van der Waals surface area contributed by atoms with Crippen LogP contribution in [0.2, 0.25) is 0 Å². The lowest BCUT2D eigenvalue weighted by atomic mass is 10.2. The molecule has 2 N–H and O–H groups in total. The van der Waals surface area contributed by atoms with Gasteiger partial charge in [0, 0.05) is 30.6 Å². The van der Waals surface area contributed by atoms with Gasteiger partial charge in [-0.05, 0) is 14.0 Å². The highest BCUT2D eigenvalue weighted by Gasteiger charge is 2.28. The van der Waals surface area contributed by atoms with Gasteiger partial charge in [-0.1, -0.05) is 0 Å². The standard InChI is InChI=1S/C10H17N3OS/c1-7-10(15-6-12-7)5-13(2)8-3-11-4-9(8)14/h6,8-9,11,14H,3-5H2,1-2H3. The van der Waals surface area contributed by atoms with Crippen LogP contribution in [-0.2, 0) is 6.54 Å². The number of hydrogen-bond acceptors (Lipinski definition) is 5. The van der Waals surface area contributed by atoms with E-state index in [0.717, 1.165) is 18.8 Å². The first-order chi connectivity index (χ1) is 7.18. The van der Waals surface area contributed by atoms with Gasteiger partial charge >= 0.3 is 0 Å². The maximum Gasteiger partial charge on any atom is 0.0831 e. The fraction of sp³-hybridized carbons (Fsp3) is 0.700. The Morgan fingerprint density at radius 3 is 3.00 bits per heavy atom. The third-order valence-corrected chi connectivity index (χ3v) is 3.87. The molecule has 0 amide bonds. The topological polar surface area (TPSA) is 48.4 Å². The highest BCUT2D eigenvalue weighted by Crippen LogP contribution is 2.17. The summed E-state index contributed by atoms with van der Waals surface area (Å²) in [5, 5.41) is 12.9. The number of thiazole rings is 1. The van der Waals surface area contributed by atoms with E-state index in [0.29, 0.717) is 6.54 Å². The van der Waals surface area contributed by atoms with E-state index in [1.165, 1.54) is 4.88 Å². The van der Waals surface area contributed by atoms with Crippen LogP contribution in [0.15, 0.2) is 5.51 Å². The molecular formula is C10H17N3OS. The van der Waals surface area contributed by atoms with Crippen molar-refractivity contribution in [1.29, 1.82) is 0 Å². The maximum atomic E-state index is 9.74. The second-order valence-corrected chi connectivity index (χ2v) is 5.01. The van der Waals surface area contributed by atoms with Crippen LogP contribution in [0.3, 0.4) is 0 Å². The van der Waals surface area contributed by atoms with Gasteiger partial charge in [-0.3, -0.25) is 4.90 Å². The minimum atomic E-state index is -0.247. The first-order valence-electron chi connectivity index (χ1n) is 5.16. The van der Waals surface area contributed by atoms with Crippen LogP contribution in [0.25, 0.3) is 0 Å². The second kappa shape index (κ2) is 4.57. The van der Waals surface area contributed by atoms with Gasteiger partial charge in [-0.25, -0.2) is 4.98 Å². The molecule has 0 spiro atoms. The summed E-state index contributed by atoms with van der Waals surface area (Å²) in [6.07, 6.45) is -0.247. The summed E-state index contributed by atoms with van der Waals surface area (Å²) in [6.45, 7) is 4.48. The molecule has 2 heterocycles. The first kappa shape index (κ1) is 11.0. The van der Waals surface area contributed by atoms with Gasteiger partial charge in [0.1, 0.15) is 0 Å². The molecule has 1 aromatic rings. The molecular weight excluding hydrogens is 210 g/mol. The Morgan fingerprint density at radius 2 is 2.47 bits per heavy atom. The molecule has 1 saturated heterocycles. The van der Waals surface area contributed by atoms with Crippen molar-refractivity contribution in [2.45, 2.75) is 25.6 Å². The largest absolute Gasteiger partial charge is 0.390 e. The number of rotatable bonds is 3. The lowest BCUT2D eigenvalue weighted by molar-refractivity contribution is 0.0960. The fourth-order valence-electron chi connectivity index (χ4n) is 1.92. The summed E-state index contributed by atoms with van der Waals surface area (Å²) in [4.78, 5) is 7.72. The number of aromatic nitrogens is 1. The van der Waals surface area contributed by atoms with Gasteiger partial charge in [0.2, 0.25) is 0 Å². The number of nitrogens with one attached hydrogen (secondary N) is 1. The quantitative estimate of drug-likeness (QED) is 0.775. The van der Waals surface area contributed by atoms with Gasteiger partial charge in [0.25, 0.3) is 0 Å². The Kier molecular flexibility index (Phi) is 3.35. The van der Waals surface area contributed by atoms with Crippen molar-refractivity contribution in [1.82, 2.24) is 15.2 Å². The van der Waals surface area contributed by atoms with Crippen LogP contribution in [0.1, 0.15) is 10.6 Å². The van der Waals surface area contributed by atoms with Gasteiger partial charge in [-0.2, -0.15) is 0 Å². The summed E-state index contributed by atoms with van der Waals surface area (Å²) in [6, 6.07) is 0.228. The normalized spacial score (nSPS) is 26.4. The molecule has 15 heavy (non-hydrogen) atoms. The summed E-state index contributed by atoms with van der Waals surface area (Å²) >= 11 is 1.68. The van der Waals surface area contributed by atoms with Crippen molar-refractivity contribution >= 4 is 11.3 Å². The molecule has 0 radical (unpaired) electrons. The Labute approximate surface area is 93.9 Å². The van der Waals surface area contributed by atoms with Crippen molar-refractivity contribution in [3.8, 4) is 0 Å². The van der Waals surface area contributed by atoms with Crippen LogP contribution >= 0.6 is 11.3 Å². The SMILES string of the molecule is Cc1ncsc1CN(C)C1CNCC1O. The predicted molar refractivity (Wildman–Crippen MR) is 61.0 cm³/mol. The van der Waals surface area contributed by atoms with E-state index in [1.807, 2.05) is 12.4 Å². The number of hydrogen-bond donors (Lipinski definition) is 2. The van der Waals surface area contributed by atoms with Crippen LogP contribution < -0.4 is 5.32 Å². The molecule has 2 atom stereocenters. The molecule has 2 unspecified atom stereocenters. The second-order valence-electron chi connectivity index (χ2n) is 4.07. The fourth-order valence-corrected chi connectivity index (χ4v) is 2.76. The zero-order valence-electron chi connectivity index (χ0n) is 9.10. The number of likely N-dealkylation sites (N-methyl/N-ethyl adjacent to an activating group) is 1. The molecule has 1 aliphatic rings. The number of aryl methyl sites for hydroxylation is 1. The summed E-state index contributed by atoms with van der Waals surface area (Å²) in [5.41, 5.74) is 2.98. The van der Waals surface area contributed by atoms with E-state index < -0.39 is 0 Å². The van der Waals surface area contributed by atoms with Crippen LogP contribution in [0, 0.1) is 6.92 Å². The van der Waals surface area contributed by atoms with Gasteiger partial charge in [0.15, 0.2) is 0 Å². The minimum Gasteiger partial charge on any atom is -0.390 e. The first-order valence-corrected chi connectivity index (χ1v) is 6.04. The van der Waals surface area contributed by atoms with Crippen molar-refractivity contribution in [3.63, 3.8) is 0 Å². The van der Waals surface area contributed by atoms with E-state index in [2.05, 4.69) is 22.2 Å². The molecule has 84 valence electrons.